The normalized spacial score (nSPS) is 11.6. The molecule has 0 amide bonds. The minimum Gasteiger partial charge on any atom is -0.207 e. The third-order valence-electron chi connectivity index (χ3n) is 6.39. The van der Waals surface area contributed by atoms with Crippen LogP contribution in [-0.4, -0.2) is 6.15 Å². The average Bonchev–Trinajstić information content (AvgIpc) is 2.94. The third-order valence-corrected chi connectivity index (χ3v) is 6.39. The van der Waals surface area contributed by atoms with Crippen LogP contribution in [0.1, 0.15) is 0 Å². The molecule has 0 fully saturated rings. The van der Waals surface area contributed by atoms with Crippen LogP contribution in [0.4, 0.5) is 70.2 Å². The first-order valence-corrected chi connectivity index (χ1v) is 10.5. The summed E-state index contributed by atoms with van der Waals surface area (Å²) in [6.07, 6.45) is -5.62. The van der Waals surface area contributed by atoms with Gasteiger partial charge in [0.15, 0.2) is 69.8 Å². The first-order valence-electron chi connectivity index (χ1n) is 10.5. The second-order valence-electron chi connectivity index (χ2n) is 8.42. The molecule has 4 aromatic carbocycles. The van der Waals surface area contributed by atoms with E-state index in [1.54, 1.807) is 0 Å². The van der Waals surface area contributed by atoms with Gasteiger partial charge in [-0.2, -0.15) is 21.9 Å². The zero-order valence-electron chi connectivity index (χ0n) is 19.9. The second kappa shape index (κ2) is 11.3. The van der Waals surface area contributed by atoms with E-state index in [9.17, 15) is 52.7 Å². The molecule has 18 heteroatoms. The van der Waals surface area contributed by atoms with Crippen molar-refractivity contribution in [3.63, 3.8) is 0 Å². The van der Waals surface area contributed by atoms with Gasteiger partial charge < -0.3 is 0 Å². The zero-order valence-corrected chi connectivity index (χ0v) is 19.9. The summed E-state index contributed by atoms with van der Waals surface area (Å²) in [5.41, 5.74) is -9.06. The topological polar surface area (TPSA) is 0 Å². The van der Waals surface area contributed by atoms with Crippen molar-refractivity contribution >= 4 is 28.0 Å². The van der Waals surface area contributed by atoms with E-state index in [2.05, 4.69) is 0 Å². The summed E-state index contributed by atoms with van der Waals surface area (Å²) in [6.45, 7) is 0. The summed E-state index contributed by atoms with van der Waals surface area (Å²) in [4.78, 5) is 0. The monoisotopic (exact) mass is 614 g/mol. The fourth-order valence-electron chi connectivity index (χ4n) is 4.63. The molecular weight excluding hydrogens is 610 g/mol. The van der Waals surface area contributed by atoms with Crippen LogP contribution in [-0.2, 0) is 0 Å². The maximum atomic E-state index is 15.3. The van der Waals surface area contributed by atoms with Gasteiger partial charge in [0.25, 0.3) is 0 Å². The SMILES string of the molecule is Fc1cc([B-](c2cc(F)c(F)c(F)c2F)(c2cc(F)c(F)c(F)c2F)c2cc(F)c(F)c(F)c2F)c(F)c(F)c1F.[Li+]. The van der Waals surface area contributed by atoms with Crippen LogP contribution < -0.4 is 40.7 Å². The van der Waals surface area contributed by atoms with Crippen LogP contribution in [0.3, 0.4) is 0 Å². The Morgan fingerprint density at radius 2 is 0.429 bits per heavy atom. The minimum atomic E-state index is -5.62. The van der Waals surface area contributed by atoms with Gasteiger partial charge in [-0.3, -0.25) is 0 Å². The smallest absolute Gasteiger partial charge is 0.207 e. The Kier molecular flexibility index (Phi) is 8.82. The Balaban J connectivity index is 0.00000484. The van der Waals surface area contributed by atoms with Crippen molar-refractivity contribution < 1.29 is 89.1 Å². The molecule has 0 bridgehead atoms. The third kappa shape index (κ3) is 4.53. The van der Waals surface area contributed by atoms with Crippen molar-refractivity contribution in [2.24, 2.45) is 0 Å². The van der Waals surface area contributed by atoms with Crippen molar-refractivity contribution in [3.05, 3.63) is 117 Å². The van der Waals surface area contributed by atoms with Crippen molar-refractivity contribution in [1.29, 1.82) is 0 Å². The molecule has 4 rings (SSSR count). The summed E-state index contributed by atoms with van der Waals surface area (Å²) in [7, 11) is 0. The molecular formula is C24H4BF16Li. The predicted molar refractivity (Wildman–Crippen MR) is 109 cm³/mol. The van der Waals surface area contributed by atoms with Crippen LogP contribution in [0.5, 0.6) is 0 Å². The Morgan fingerprint density at radius 3 is 0.595 bits per heavy atom. The fraction of sp³-hybridized carbons (Fsp3) is 0. The van der Waals surface area contributed by atoms with E-state index in [1.807, 2.05) is 0 Å². The molecule has 0 aliphatic rings. The average molecular weight is 614 g/mol. The zero-order chi connectivity index (χ0) is 30.9. The van der Waals surface area contributed by atoms with Gasteiger partial charge in [0.2, 0.25) is 0 Å². The van der Waals surface area contributed by atoms with E-state index in [1.165, 1.54) is 0 Å². The molecule has 4 aromatic rings. The maximum absolute atomic E-state index is 15.3. The number of hydrogen-bond donors (Lipinski definition) is 0. The van der Waals surface area contributed by atoms with Crippen LogP contribution in [0, 0.1) is 93.1 Å². The van der Waals surface area contributed by atoms with Crippen molar-refractivity contribution in [1.82, 2.24) is 0 Å². The van der Waals surface area contributed by atoms with Gasteiger partial charge in [0.1, 0.15) is 29.4 Å². The Bertz CT molecular complexity index is 1510. The summed E-state index contributed by atoms with van der Waals surface area (Å²) < 4.78 is 232. The second-order valence-corrected chi connectivity index (χ2v) is 8.42. The predicted octanol–water partition coefficient (Wildman–Crippen LogP) is 2.29. The number of hydrogen-bond acceptors (Lipinski definition) is 0. The maximum Gasteiger partial charge on any atom is 1.00 e. The number of rotatable bonds is 4. The number of benzene rings is 4. The first-order chi connectivity index (χ1) is 19.0. The minimum absolute atomic E-state index is 0. The summed E-state index contributed by atoms with van der Waals surface area (Å²) in [5.74, 6) is -44.3. The van der Waals surface area contributed by atoms with Crippen molar-refractivity contribution in [2.75, 3.05) is 0 Å². The molecule has 0 spiro atoms. The Morgan fingerprint density at radius 1 is 0.262 bits per heavy atom. The largest absolute Gasteiger partial charge is 1.00 e. The molecule has 0 saturated carbocycles. The van der Waals surface area contributed by atoms with E-state index >= 15 is 17.6 Å². The summed E-state index contributed by atoms with van der Waals surface area (Å²) in [5, 5.41) is 0. The standard InChI is InChI=1S/C24H4BF16.Li/c26-9-1-5(13(30)21(38)17(9)34)25(6-2-10(27)18(35)22(39)14(6)31,7-3-11(28)19(36)23(40)15(7)32)8-4-12(29)20(37)24(41)16(8)33;/h1-4H;/q-1;+1. The molecule has 0 heterocycles. The van der Waals surface area contributed by atoms with E-state index in [-0.39, 0.29) is 18.9 Å². The van der Waals surface area contributed by atoms with Crippen molar-refractivity contribution in [3.8, 4) is 0 Å². The molecule has 0 unspecified atom stereocenters. The Hall–Kier alpha value is -3.58. The summed E-state index contributed by atoms with van der Waals surface area (Å²) >= 11 is 0. The van der Waals surface area contributed by atoms with Crippen molar-refractivity contribution in [2.45, 2.75) is 0 Å². The molecule has 0 aromatic heterocycles. The van der Waals surface area contributed by atoms with Crippen LogP contribution in [0.25, 0.3) is 0 Å². The van der Waals surface area contributed by atoms with Gasteiger partial charge in [-0.25, -0.2) is 70.2 Å². The van der Waals surface area contributed by atoms with Gasteiger partial charge in [-0.15, -0.1) is 0 Å². The van der Waals surface area contributed by atoms with Crippen LogP contribution in [0.15, 0.2) is 24.3 Å². The molecule has 42 heavy (non-hydrogen) atoms. The van der Waals surface area contributed by atoms with Gasteiger partial charge in [0.05, 0.1) is 0 Å². The molecule has 0 atom stereocenters. The quantitative estimate of drug-likeness (QED) is 0.144. The fourth-order valence-corrected chi connectivity index (χ4v) is 4.63. The van der Waals surface area contributed by atoms with Crippen LogP contribution >= 0.6 is 0 Å². The summed E-state index contributed by atoms with van der Waals surface area (Å²) in [6, 6.07) is -2.49. The first kappa shape index (κ1) is 32.9. The van der Waals surface area contributed by atoms with Gasteiger partial charge in [-0.05, 0) is 0 Å². The molecule has 0 radical (unpaired) electrons. The molecule has 216 valence electrons. The van der Waals surface area contributed by atoms with Crippen LogP contribution in [0.2, 0.25) is 0 Å². The van der Waals surface area contributed by atoms with E-state index in [4.69, 9.17) is 0 Å². The molecule has 0 aliphatic carbocycles. The van der Waals surface area contributed by atoms with E-state index < -0.39 is 145 Å². The van der Waals surface area contributed by atoms with Gasteiger partial charge in [-0.1, -0.05) is 24.3 Å². The number of halogens is 16. The Labute approximate surface area is 234 Å². The van der Waals surface area contributed by atoms with Gasteiger partial charge in [0, 0.05) is 0 Å². The molecule has 0 N–H and O–H groups in total. The van der Waals surface area contributed by atoms with E-state index in [0.29, 0.717) is 0 Å². The van der Waals surface area contributed by atoms with E-state index in [0.717, 1.165) is 0 Å². The molecule has 0 saturated heterocycles. The van der Waals surface area contributed by atoms with Gasteiger partial charge >= 0.3 is 18.9 Å². The molecule has 0 nitrogen and oxygen atoms in total. The molecule has 0 aliphatic heterocycles.